The normalized spacial score (nSPS) is 24.5. The predicted molar refractivity (Wildman–Crippen MR) is 89.4 cm³/mol. The molecule has 1 saturated heterocycles. The Bertz CT molecular complexity index is 455. The quantitative estimate of drug-likeness (QED) is 0.906. The minimum Gasteiger partial charge on any atom is -0.385 e. The third-order valence-electron chi connectivity index (χ3n) is 4.69. The van der Waals surface area contributed by atoms with Gasteiger partial charge in [-0.25, -0.2) is 0 Å². The molecule has 2 nitrogen and oxygen atoms in total. The van der Waals surface area contributed by atoms with Gasteiger partial charge < -0.3 is 10.0 Å². The lowest BCUT2D eigenvalue weighted by molar-refractivity contribution is 0.0203. The minimum absolute atomic E-state index is 0.569. The van der Waals surface area contributed by atoms with Crippen LogP contribution in [-0.2, 0) is 12.0 Å². The SMILES string of the molecule is CC(C)Cc1cccc(C2(O)CCCN(C(C)C)CC2)c1. The molecular formula is C19H31NO. The zero-order valence-electron chi connectivity index (χ0n) is 14.1. The molecule has 0 aromatic heterocycles. The molecule has 1 aliphatic heterocycles. The Morgan fingerprint density at radius 1 is 1.14 bits per heavy atom. The maximum Gasteiger partial charge on any atom is 0.0909 e. The van der Waals surface area contributed by atoms with Gasteiger partial charge in [0, 0.05) is 12.6 Å². The Morgan fingerprint density at radius 2 is 1.90 bits per heavy atom. The van der Waals surface area contributed by atoms with Gasteiger partial charge in [0.1, 0.15) is 0 Å². The number of nitrogens with zero attached hydrogens (tertiary/aromatic N) is 1. The lowest BCUT2D eigenvalue weighted by Gasteiger charge is -2.29. The van der Waals surface area contributed by atoms with Crippen LogP contribution in [0.3, 0.4) is 0 Å². The molecule has 1 aromatic carbocycles. The molecule has 0 saturated carbocycles. The van der Waals surface area contributed by atoms with Gasteiger partial charge in [0.15, 0.2) is 0 Å². The Labute approximate surface area is 130 Å². The van der Waals surface area contributed by atoms with Crippen LogP contribution in [0.2, 0.25) is 0 Å². The fraction of sp³-hybridized carbons (Fsp3) is 0.684. The Balaban J connectivity index is 2.15. The molecule has 0 spiro atoms. The number of likely N-dealkylation sites (tertiary alicyclic amines) is 1. The van der Waals surface area contributed by atoms with Crippen molar-refractivity contribution >= 4 is 0 Å². The third-order valence-corrected chi connectivity index (χ3v) is 4.69. The molecule has 0 radical (unpaired) electrons. The second kappa shape index (κ2) is 6.93. The zero-order valence-corrected chi connectivity index (χ0v) is 14.1. The van der Waals surface area contributed by atoms with Crippen molar-refractivity contribution in [2.75, 3.05) is 13.1 Å². The third kappa shape index (κ3) is 4.31. The van der Waals surface area contributed by atoms with E-state index in [0.717, 1.165) is 44.3 Å². The molecule has 2 rings (SSSR count). The molecule has 118 valence electrons. The summed E-state index contributed by atoms with van der Waals surface area (Å²) in [5.41, 5.74) is 1.82. The number of hydrogen-bond acceptors (Lipinski definition) is 2. The average molecular weight is 289 g/mol. The second-order valence-electron chi connectivity index (χ2n) is 7.31. The van der Waals surface area contributed by atoms with Crippen LogP contribution in [-0.4, -0.2) is 29.1 Å². The average Bonchev–Trinajstić information content (AvgIpc) is 2.61. The Kier molecular flexibility index (Phi) is 5.45. The van der Waals surface area contributed by atoms with E-state index in [9.17, 15) is 5.11 Å². The van der Waals surface area contributed by atoms with E-state index in [4.69, 9.17) is 0 Å². The summed E-state index contributed by atoms with van der Waals surface area (Å²) in [6.07, 6.45) is 3.88. The summed E-state index contributed by atoms with van der Waals surface area (Å²) in [5.74, 6) is 0.653. The van der Waals surface area contributed by atoms with E-state index >= 15 is 0 Å². The van der Waals surface area contributed by atoms with E-state index in [-0.39, 0.29) is 0 Å². The smallest absolute Gasteiger partial charge is 0.0909 e. The van der Waals surface area contributed by atoms with E-state index in [0.29, 0.717) is 12.0 Å². The maximum atomic E-state index is 11.2. The molecule has 0 bridgehead atoms. The highest BCUT2D eigenvalue weighted by molar-refractivity contribution is 5.29. The molecule has 0 aliphatic carbocycles. The second-order valence-corrected chi connectivity index (χ2v) is 7.31. The highest BCUT2D eigenvalue weighted by atomic mass is 16.3. The van der Waals surface area contributed by atoms with Crippen molar-refractivity contribution in [3.63, 3.8) is 0 Å². The monoisotopic (exact) mass is 289 g/mol. The van der Waals surface area contributed by atoms with Crippen LogP contribution in [0.25, 0.3) is 0 Å². The largest absolute Gasteiger partial charge is 0.385 e. The summed E-state index contributed by atoms with van der Waals surface area (Å²) in [4.78, 5) is 2.48. The number of hydrogen-bond donors (Lipinski definition) is 1. The first-order chi connectivity index (χ1) is 9.90. The predicted octanol–water partition coefficient (Wildman–Crippen LogP) is 3.97. The summed E-state index contributed by atoms with van der Waals surface area (Å²) in [6, 6.07) is 9.19. The van der Waals surface area contributed by atoms with Crippen molar-refractivity contribution in [2.24, 2.45) is 5.92 Å². The first kappa shape index (κ1) is 16.5. The van der Waals surface area contributed by atoms with Crippen molar-refractivity contribution in [3.8, 4) is 0 Å². The fourth-order valence-corrected chi connectivity index (χ4v) is 3.40. The first-order valence-corrected chi connectivity index (χ1v) is 8.46. The van der Waals surface area contributed by atoms with Gasteiger partial charge in [0.05, 0.1) is 5.60 Å². The number of rotatable bonds is 4. The topological polar surface area (TPSA) is 23.5 Å². The molecule has 2 heteroatoms. The molecule has 1 aromatic rings. The van der Waals surface area contributed by atoms with Gasteiger partial charge in [-0.15, -0.1) is 0 Å². The zero-order chi connectivity index (χ0) is 15.5. The van der Waals surface area contributed by atoms with Crippen LogP contribution >= 0.6 is 0 Å². The lowest BCUT2D eigenvalue weighted by Crippen LogP contribution is -2.33. The van der Waals surface area contributed by atoms with Gasteiger partial charge in [-0.05, 0) is 63.1 Å². The minimum atomic E-state index is -0.642. The molecule has 1 atom stereocenters. The van der Waals surface area contributed by atoms with Crippen molar-refractivity contribution < 1.29 is 5.11 Å². The number of benzene rings is 1. The van der Waals surface area contributed by atoms with Crippen LogP contribution in [0.4, 0.5) is 0 Å². The van der Waals surface area contributed by atoms with Crippen LogP contribution in [0, 0.1) is 5.92 Å². The van der Waals surface area contributed by atoms with E-state index < -0.39 is 5.60 Å². The van der Waals surface area contributed by atoms with Crippen molar-refractivity contribution in [2.45, 2.75) is 65.0 Å². The van der Waals surface area contributed by atoms with Crippen molar-refractivity contribution in [1.82, 2.24) is 4.90 Å². The molecule has 0 amide bonds. The van der Waals surface area contributed by atoms with Crippen LogP contribution in [0.15, 0.2) is 24.3 Å². The van der Waals surface area contributed by atoms with Gasteiger partial charge in [0.25, 0.3) is 0 Å². The number of aliphatic hydroxyl groups is 1. The Morgan fingerprint density at radius 3 is 2.57 bits per heavy atom. The highest BCUT2D eigenvalue weighted by Crippen LogP contribution is 2.33. The van der Waals surface area contributed by atoms with Crippen molar-refractivity contribution in [1.29, 1.82) is 0 Å². The van der Waals surface area contributed by atoms with E-state index in [2.05, 4.69) is 56.9 Å². The molecule has 1 N–H and O–H groups in total. The van der Waals surface area contributed by atoms with Crippen LogP contribution in [0.5, 0.6) is 0 Å². The van der Waals surface area contributed by atoms with Crippen molar-refractivity contribution in [3.05, 3.63) is 35.4 Å². The molecule has 1 heterocycles. The lowest BCUT2D eigenvalue weighted by atomic mass is 9.85. The van der Waals surface area contributed by atoms with E-state index in [1.54, 1.807) is 0 Å². The van der Waals surface area contributed by atoms with E-state index in [1.807, 2.05) is 0 Å². The van der Waals surface area contributed by atoms with Gasteiger partial charge in [0.2, 0.25) is 0 Å². The fourth-order valence-electron chi connectivity index (χ4n) is 3.40. The summed E-state index contributed by atoms with van der Waals surface area (Å²) >= 11 is 0. The maximum absolute atomic E-state index is 11.2. The van der Waals surface area contributed by atoms with Crippen LogP contribution < -0.4 is 0 Å². The highest BCUT2D eigenvalue weighted by Gasteiger charge is 2.32. The van der Waals surface area contributed by atoms with Gasteiger partial charge in [-0.3, -0.25) is 0 Å². The molecule has 1 unspecified atom stereocenters. The van der Waals surface area contributed by atoms with Gasteiger partial charge >= 0.3 is 0 Å². The van der Waals surface area contributed by atoms with Crippen LogP contribution in [0.1, 0.15) is 58.1 Å². The summed E-state index contributed by atoms with van der Waals surface area (Å²) in [7, 11) is 0. The first-order valence-electron chi connectivity index (χ1n) is 8.46. The molecule has 1 aliphatic rings. The summed E-state index contributed by atoms with van der Waals surface area (Å²) in [5, 5.41) is 11.2. The Hall–Kier alpha value is -0.860. The summed E-state index contributed by atoms with van der Waals surface area (Å²) in [6.45, 7) is 11.1. The molecule has 1 fully saturated rings. The standard InChI is InChI=1S/C19H31NO/c1-15(2)13-17-7-5-8-18(14-17)19(21)9-6-11-20(12-10-19)16(3)4/h5,7-8,14-16,21H,6,9-13H2,1-4H3. The van der Waals surface area contributed by atoms with Gasteiger partial charge in [-0.1, -0.05) is 38.1 Å². The van der Waals surface area contributed by atoms with E-state index in [1.165, 1.54) is 5.56 Å². The molecular weight excluding hydrogens is 258 g/mol. The molecule has 21 heavy (non-hydrogen) atoms. The summed E-state index contributed by atoms with van der Waals surface area (Å²) < 4.78 is 0. The van der Waals surface area contributed by atoms with Gasteiger partial charge in [-0.2, -0.15) is 0 Å².